The molecule has 0 unspecified atom stereocenters. The fourth-order valence-electron chi connectivity index (χ4n) is 2.52. The van der Waals surface area contributed by atoms with E-state index in [-0.39, 0.29) is 17.2 Å². The first-order valence-electron chi connectivity index (χ1n) is 8.87. The highest BCUT2D eigenvalue weighted by molar-refractivity contribution is 6.07. The maximum atomic E-state index is 12.9. The summed E-state index contributed by atoms with van der Waals surface area (Å²) < 4.78 is 77.4. The van der Waals surface area contributed by atoms with Crippen LogP contribution in [0.2, 0.25) is 0 Å². The second-order valence-corrected chi connectivity index (χ2v) is 6.84. The van der Waals surface area contributed by atoms with Crippen LogP contribution in [-0.4, -0.2) is 37.9 Å². The molecule has 30 heavy (non-hydrogen) atoms. The molecule has 0 aliphatic carbocycles. The zero-order valence-corrected chi connectivity index (χ0v) is 16.2. The third kappa shape index (κ3) is 6.91. The molecule has 2 aromatic carbocycles. The van der Waals surface area contributed by atoms with Gasteiger partial charge in [-0.05, 0) is 68.2 Å². The molecule has 2 aromatic rings. The first-order valence-corrected chi connectivity index (χ1v) is 8.87. The van der Waals surface area contributed by atoms with Crippen LogP contribution in [0, 0.1) is 0 Å². The number of halogens is 6. The molecule has 9 heteroatoms. The predicted molar refractivity (Wildman–Crippen MR) is 103 cm³/mol. The molecule has 0 aliphatic heterocycles. The number of hydrogen-bond donors (Lipinski definition) is 1. The van der Waals surface area contributed by atoms with E-state index in [4.69, 9.17) is 0 Å². The Hall–Kier alpha value is -2.81. The van der Waals surface area contributed by atoms with Crippen LogP contribution in [0.3, 0.4) is 0 Å². The minimum absolute atomic E-state index is 0.0428. The number of carbonyl (C=O) groups excluding carboxylic acids is 1. The van der Waals surface area contributed by atoms with E-state index in [9.17, 15) is 31.1 Å². The van der Waals surface area contributed by atoms with Crippen molar-refractivity contribution in [2.75, 3.05) is 32.5 Å². The van der Waals surface area contributed by atoms with Gasteiger partial charge in [0.25, 0.3) is 0 Å². The number of likely N-dealkylation sites (N-methyl/N-ethyl adjacent to an activating group) is 1. The van der Waals surface area contributed by atoms with Crippen molar-refractivity contribution in [3.8, 4) is 0 Å². The topological polar surface area (TPSA) is 32.3 Å². The summed E-state index contributed by atoms with van der Waals surface area (Å²) in [5, 5.41) is 3.16. The summed E-state index contributed by atoms with van der Waals surface area (Å²) in [6.07, 6.45) is -7.99. The van der Waals surface area contributed by atoms with Crippen LogP contribution in [0.4, 0.5) is 32.0 Å². The fraction of sp³-hybridized carbons (Fsp3) is 0.286. The second kappa shape index (κ2) is 9.34. The minimum Gasteiger partial charge on any atom is -0.384 e. The highest BCUT2D eigenvalue weighted by atomic mass is 19.4. The van der Waals surface area contributed by atoms with Gasteiger partial charge in [0.15, 0.2) is 5.78 Å². The Morgan fingerprint density at radius 1 is 0.933 bits per heavy atom. The van der Waals surface area contributed by atoms with Crippen molar-refractivity contribution in [3.05, 3.63) is 70.8 Å². The molecule has 0 spiro atoms. The van der Waals surface area contributed by atoms with Crippen molar-refractivity contribution < 1.29 is 31.1 Å². The molecule has 0 bridgehead atoms. The summed E-state index contributed by atoms with van der Waals surface area (Å²) in [6, 6.07) is 7.57. The third-order valence-electron chi connectivity index (χ3n) is 4.09. The van der Waals surface area contributed by atoms with Crippen molar-refractivity contribution in [1.82, 2.24) is 4.90 Å². The number of benzene rings is 2. The molecule has 1 N–H and O–H groups in total. The van der Waals surface area contributed by atoms with Gasteiger partial charge in [-0.1, -0.05) is 6.08 Å². The lowest BCUT2D eigenvalue weighted by atomic mass is 10.0. The van der Waals surface area contributed by atoms with E-state index in [0.29, 0.717) is 18.7 Å². The highest BCUT2D eigenvalue weighted by Gasteiger charge is 2.36. The van der Waals surface area contributed by atoms with Crippen LogP contribution in [0.5, 0.6) is 0 Å². The Kier molecular flexibility index (Phi) is 7.30. The first kappa shape index (κ1) is 23.5. The number of allylic oxidation sites excluding steroid dienone is 1. The Bertz CT molecular complexity index is 867. The number of alkyl halides is 6. The molecule has 0 heterocycles. The lowest BCUT2D eigenvalue weighted by molar-refractivity contribution is -0.143. The van der Waals surface area contributed by atoms with Gasteiger partial charge >= 0.3 is 12.4 Å². The van der Waals surface area contributed by atoms with E-state index >= 15 is 0 Å². The maximum absolute atomic E-state index is 12.9. The lowest BCUT2D eigenvalue weighted by Crippen LogP contribution is -2.20. The molecule has 0 fully saturated rings. The molecule has 0 aliphatic rings. The Labute approximate surface area is 170 Å². The van der Waals surface area contributed by atoms with Crippen LogP contribution in [0.1, 0.15) is 27.0 Å². The van der Waals surface area contributed by atoms with Gasteiger partial charge in [-0.2, -0.15) is 26.3 Å². The van der Waals surface area contributed by atoms with Gasteiger partial charge in [-0.25, -0.2) is 0 Å². The third-order valence-corrected chi connectivity index (χ3v) is 4.09. The van der Waals surface area contributed by atoms with E-state index in [2.05, 4.69) is 5.32 Å². The van der Waals surface area contributed by atoms with E-state index < -0.39 is 29.3 Å². The summed E-state index contributed by atoms with van der Waals surface area (Å²) in [5.41, 5.74) is -2.19. The molecular weight excluding hydrogens is 410 g/mol. The molecule has 0 saturated carbocycles. The van der Waals surface area contributed by atoms with Crippen LogP contribution in [0.25, 0.3) is 6.08 Å². The lowest BCUT2D eigenvalue weighted by Gasteiger charge is -2.13. The Morgan fingerprint density at radius 3 is 1.93 bits per heavy atom. The van der Waals surface area contributed by atoms with Gasteiger partial charge in [0, 0.05) is 24.3 Å². The maximum Gasteiger partial charge on any atom is 0.416 e. The van der Waals surface area contributed by atoms with E-state index in [1.54, 1.807) is 12.1 Å². The van der Waals surface area contributed by atoms with Gasteiger partial charge < -0.3 is 10.2 Å². The monoisotopic (exact) mass is 430 g/mol. The molecule has 0 radical (unpaired) electrons. The molecule has 0 aromatic heterocycles. The molecular formula is C21H20F6N2O. The predicted octanol–water partition coefficient (Wildman–Crippen LogP) is 5.59. The van der Waals surface area contributed by atoms with Crippen LogP contribution < -0.4 is 5.32 Å². The number of nitrogens with zero attached hydrogens (tertiary/aromatic N) is 1. The van der Waals surface area contributed by atoms with E-state index in [0.717, 1.165) is 24.4 Å². The largest absolute Gasteiger partial charge is 0.416 e. The summed E-state index contributed by atoms with van der Waals surface area (Å²) >= 11 is 0. The van der Waals surface area contributed by atoms with Gasteiger partial charge in [0.2, 0.25) is 0 Å². The molecule has 0 amide bonds. The summed E-state index contributed by atoms with van der Waals surface area (Å²) in [5.74, 6) is -0.541. The van der Waals surface area contributed by atoms with Gasteiger partial charge in [-0.3, -0.25) is 4.79 Å². The summed E-state index contributed by atoms with van der Waals surface area (Å²) in [4.78, 5) is 14.2. The van der Waals surface area contributed by atoms with Gasteiger partial charge in [0.1, 0.15) is 0 Å². The Morgan fingerprint density at radius 2 is 1.47 bits per heavy atom. The zero-order valence-electron chi connectivity index (χ0n) is 16.2. The molecule has 0 atom stereocenters. The first-order chi connectivity index (χ1) is 13.9. The quantitative estimate of drug-likeness (QED) is 0.353. The van der Waals surface area contributed by atoms with Crippen LogP contribution >= 0.6 is 0 Å². The van der Waals surface area contributed by atoms with E-state index in [1.165, 1.54) is 12.1 Å². The number of rotatable bonds is 7. The number of ketones is 1. The minimum atomic E-state index is -4.94. The number of anilines is 1. The number of carbonyl (C=O) groups is 1. The van der Waals surface area contributed by atoms with Crippen molar-refractivity contribution in [3.63, 3.8) is 0 Å². The number of nitrogens with one attached hydrogen (secondary N) is 1. The second-order valence-electron chi connectivity index (χ2n) is 6.84. The van der Waals surface area contributed by atoms with Crippen molar-refractivity contribution >= 4 is 17.5 Å². The van der Waals surface area contributed by atoms with Crippen molar-refractivity contribution in [2.45, 2.75) is 12.4 Å². The van der Waals surface area contributed by atoms with Crippen molar-refractivity contribution in [1.29, 1.82) is 0 Å². The average Bonchev–Trinajstić information content (AvgIpc) is 2.65. The standard InChI is InChI=1S/C21H20F6N2O/c1-29(2)10-9-28-18-6-4-15(5-7-18)19(30)8-3-14-11-16(20(22,23)24)13-17(12-14)21(25,26)27/h3-8,11-13,28H,9-10H2,1-2H3/b8-3+. The zero-order chi connectivity index (χ0) is 22.5. The summed E-state index contributed by atoms with van der Waals surface area (Å²) in [6.45, 7) is 1.50. The van der Waals surface area contributed by atoms with E-state index in [1.807, 2.05) is 19.0 Å². The van der Waals surface area contributed by atoms with Crippen LogP contribution in [-0.2, 0) is 12.4 Å². The summed E-state index contributed by atoms with van der Waals surface area (Å²) in [7, 11) is 3.86. The molecule has 162 valence electrons. The van der Waals surface area contributed by atoms with Crippen LogP contribution in [0.15, 0.2) is 48.5 Å². The molecule has 2 rings (SSSR count). The van der Waals surface area contributed by atoms with Crippen molar-refractivity contribution in [2.24, 2.45) is 0 Å². The Balaban J connectivity index is 2.17. The highest BCUT2D eigenvalue weighted by Crippen LogP contribution is 2.36. The molecule has 3 nitrogen and oxygen atoms in total. The normalized spacial score (nSPS) is 12.6. The number of hydrogen-bond acceptors (Lipinski definition) is 3. The fourth-order valence-corrected chi connectivity index (χ4v) is 2.52. The SMILES string of the molecule is CN(C)CCNc1ccc(C(=O)/C=C/c2cc(C(F)(F)F)cc(C(F)(F)F)c2)cc1. The van der Waals surface area contributed by atoms with Gasteiger partial charge in [-0.15, -0.1) is 0 Å². The average molecular weight is 430 g/mol. The van der Waals surface area contributed by atoms with Gasteiger partial charge in [0.05, 0.1) is 11.1 Å². The molecule has 0 saturated heterocycles. The smallest absolute Gasteiger partial charge is 0.384 e.